The van der Waals surface area contributed by atoms with Crippen molar-refractivity contribution in [3.8, 4) is 0 Å². The first-order valence-electron chi connectivity index (χ1n) is 6.56. The Balaban J connectivity index is 2.45. The molecule has 0 aromatic heterocycles. The smallest absolute Gasteiger partial charge is 0.00433 e. The largest absolute Gasteiger partial charge is 0.330 e. The average Bonchev–Trinajstić information content (AvgIpc) is 2.36. The van der Waals surface area contributed by atoms with Gasteiger partial charge < -0.3 is 11.1 Å². The molecule has 0 heterocycles. The third kappa shape index (κ3) is 4.49. The molecule has 0 saturated carbocycles. The minimum Gasteiger partial charge on any atom is -0.330 e. The van der Waals surface area contributed by atoms with Crippen LogP contribution < -0.4 is 11.1 Å². The fourth-order valence-electron chi connectivity index (χ4n) is 1.97. The average molecular weight is 234 g/mol. The number of hydrogen-bond acceptors (Lipinski definition) is 2. The summed E-state index contributed by atoms with van der Waals surface area (Å²) in [6.45, 7) is 9.53. The molecule has 0 aliphatic carbocycles. The minimum absolute atomic E-state index is 0.175. The van der Waals surface area contributed by atoms with E-state index in [0.717, 1.165) is 26.1 Å². The van der Waals surface area contributed by atoms with Gasteiger partial charge in [-0.15, -0.1) is 0 Å². The lowest BCUT2D eigenvalue weighted by atomic mass is 9.84. The van der Waals surface area contributed by atoms with Crippen molar-refractivity contribution in [1.29, 1.82) is 0 Å². The van der Waals surface area contributed by atoms with Gasteiger partial charge in [-0.2, -0.15) is 0 Å². The van der Waals surface area contributed by atoms with E-state index in [1.807, 2.05) is 0 Å². The minimum atomic E-state index is 0.175. The lowest BCUT2D eigenvalue weighted by Gasteiger charge is -2.27. The highest BCUT2D eigenvalue weighted by molar-refractivity contribution is 5.23. The predicted octanol–water partition coefficient (Wildman–Crippen LogP) is 2.54. The van der Waals surface area contributed by atoms with Crippen LogP contribution in [0.2, 0.25) is 0 Å². The summed E-state index contributed by atoms with van der Waals surface area (Å²) in [5, 5.41) is 3.55. The normalized spacial score (nSPS) is 13.6. The zero-order chi connectivity index (χ0) is 12.7. The number of nitrogens with two attached hydrogens (primary N) is 1. The first-order valence-corrected chi connectivity index (χ1v) is 6.56. The molecule has 0 spiro atoms. The molecule has 0 aliphatic rings. The Morgan fingerprint density at radius 3 is 2.41 bits per heavy atom. The van der Waals surface area contributed by atoms with Crippen LogP contribution in [0.5, 0.6) is 0 Å². The van der Waals surface area contributed by atoms with Crippen molar-refractivity contribution in [2.45, 2.75) is 32.6 Å². The molecule has 2 heteroatoms. The second-order valence-electron chi connectivity index (χ2n) is 5.39. The van der Waals surface area contributed by atoms with E-state index in [2.05, 4.69) is 56.4 Å². The molecule has 0 saturated heterocycles. The molecule has 0 radical (unpaired) electrons. The van der Waals surface area contributed by atoms with Gasteiger partial charge in [-0.1, -0.05) is 57.5 Å². The van der Waals surface area contributed by atoms with Crippen molar-refractivity contribution < 1.29 is 0 Å². The van der Waals surface area contributed by atoms with Crippen LogP contribution in [-0.2, 0) is 5.41 Å². The van der Waals surface area contributed by atoms with Gasteiger partial charge in [-0.05, 0) is 24.6 Å². The lowest BCUT2D eigenvalue weighted by molar-refractivity contribution is 0.415. The Hall–Kier alpha value is -0.860. The summed E-state index contributed by atoms with van der Waals surface area (Å²) in [6.07, 6.45) is 1.15. The molecule has 1 atom stereocenters. The van der Waals surface area contributed by atoms with Crippen molar-refractivity contribution in [1.82, 2.24) is 5.32 Å². The molecule has 1 aromatic rings. The summed E-state index contributed by atoms with van der Waals surface area (Å²) < 4.78 is 0. The van der Waals surface area contributed by atoms with Gasteiger partial charge in [0, 0.05) is 12.0 Å². The summed E-state index contributed by atoms with van der Waals surface area (Å²) in [5.41, 5.74) is 7.26. The second kappa shape index (κ2) is 6.77. The van der Waals surface area contributed by atoms with Crippen LogP contribution >= 0.6 is 0 Å². The molecule has 0 aliphatic heterocycles. The lowest BCUT2D eigenvalue weighted by Crippen LogP contribution is -2.37. The monoisotopic (exact) mass is 234 g/mol. The van der Waals surface area contributed by atoms with E-state index in [0.29, 0.717) is 5.92 Å². The van der Waals surface area contributed by atoms with Crippen LogP contribution in [0.4, 0.5) is 0 Å². The number of rotatable bonds is 7. The highest BCUT2D eigenvalue weighted by Crippen LogP contribution is 2.21. The maximum Gasteiger partial charge on any atom is 0.00433 e. The molecule has 1 rings (SSSR count). The number of benzene rings is 1. The second-order valence-corrected chi connectivity index (χ2v) is 5.39. The SMILES string of the molecule is CCC(CN)CNCC(C)(C)c1ccccc1. The summed E-state index contributed by atoms with van der Waals surface area (Å²) in [4.78, 5) is 0. The van der Waals surface area contributed by atoms with Crippen LogP contribution in [-0.4, -0.2) is 19.6 Å². The molecule has 0 amide bonds. The molecular formula is C15H26N2. The zero-order valence-electron chi connectivity index (χ0n) is 11.4. The Morgan fingerprint density at radius 2 is 1.88 bits per heavy atom. The van der Waals surface area contributed by atoms with E-state index in [1.165, 1.54) is 5.56 Å². The third-order valence-electron chi connectivity index (χ3n) is 3.47. The van der Waals surface area contributed by atoms with Crippen molar-refractivity contribution >= 4 is 0 Å². The molecule has 17 heavy (non-hydrogen) atoms. The fraction of sp³-hybridized carbons (Fsp3) is 0.600. The van der Waals surface area contributed by atoms with Gasteiger partial charge in [0.1, 0.15) is 0 Å². The topological polar surface area (TPSA) is 38.0 Å². The van der Waals surface area contributed by atoms with Gasteiger partial charge in [0.15, 0.2) is 0 Å². The maximum absolute atomic E-state index is 5.70. The zero-order valence-corrected chi connectivity index (χ0v) is 11.4. The Bertz CT molecular complexity index is 302. The molecule has 2 nitrogen and oxygen atoms in total. The van der Waals surface area contributed by atoms with Gasteiger partial charge >= 0.3 is 0 Å². The van der Waals surface area contributed by atoms with E-state index in [4.69, 9.17) is 5.73 Å². The van der Waals surface area contributed by atoms with E-state index in [1.54, 1.807) is 0 Å². The summed E-state index contributed by atoms with van der Waals surface area (Å²) in [7, 11) is 0. The molecule has 96 valence electrons. The van der Waals surface area contributed by atoms with Gasteiger partial charge in [-0.25, -0.2) is 0 Å². The molecule has 0 fully saturated rings. The van der Waals surface area contributed by atoms with Crippen LogP contribution in [0.15, 0.2) is 30.3 Å². The van der Waals surface area contributed by atoms with E-state index < -0.39 is 0 Å². The van der Waals surface area contributed by atoms with E-state index in [9.17, 15) is 0 Å². The highest BCUT2D eigenvalue weighted by atomic mass is 14.9. The maximum atomic E-state index is 5.70. The predicted molar refractivity (Wildman–Crippen MR) is 75.2 cm³/mol. The fourth-order valence-corrected chi connectivity index (χ4v) is 1.97. The number of nitrogens with one attached hydrogen (secondary N) is 1. The van der Waals surface area contributed by atoms with E-state index in [-0.39, 0.29) is 5.41 Å². The van der Waals surface area contributed by atoms with Crippen LogP contribution in [0.25, 0.3) is 0 Å². The Morgan fingerprint density at radius 1 is 1.24 bits per heavy atom. The molecule has 1 aromatic carbocycles. The van der Waals surface area contributed by atoms with Crippen molar-refractivity contribution in [2.75, 3.05) is 19.6 Å². The van der Waals surface area contributed by atoms with Crippen LogP contribution in [0.1, 0.15) is 32.8 Å². The molecular weight excluding hydrogens is 208 g/mol. The molecule has 1 unspecified atom stereocenters. The first-order chi connectivity index (χ1) is 8.10. The highest BCUT2D eigenvalue weighted by Gasteiger charge is 2.19. The van der Waals surface area contributed by atoms with Gasteiger partial charge in [0.25, 0.3) is 0 Å². The standard InChI is InChI=1S/C15H26N2/c1-4-13(10-16)11-17-12-15(2,3)14-8-6-5-7-9-14/h5-9,13,17H,4,10-12,16H2,1-3H3. The summed E-state index contributed by atoms with van der Waals surface area (Å²) in [6, 6.07) is 10.7. The summed E-state index contributed by atoms with van der Waals surface area (Å²) >= 11 is 0. The van der Waals surface area contributed by atoms with Crippen LogP contribution in [0, 0.1) is 5.92 Å². The molecule has 0 bridgehead atoms. The third-order valence-corrected chi connectivity index (χ3v) is 3.47. The quantitative estimate of drug-likeness (QED) is 0.761. The first kappa shape index (κ1) is 14.2. The number of hydrogen-bond donors (Lipinski definition) is 2. The van der Waals surface area contributed by atoms with Crippen molar-refractivity contribution in [3.05, 3.63) is 35.9 Å². The van der Waals surface area contributed by atoms with Gasteiger partial charge in [0.2, 0.25) is 0 Å². The van der Waals surface area contributed by atoms with Gasteiger partial charge in [0.05, 0.1) is 0 Å². The Labute approximate surface area is 106 Å². The summed E-state index contributed by atoms with van der Waals surface area (Å²) in [5.74, 6) is 0.599. The Kier molecular flexibility index (Phi) is 5.66. The molecule has 3 N–H and O–H groups in total. The van der Waals surface area contributed by atoms with Crippen LogP contribution in [0.3, 0.4) is 0 Å². The van der Waals surface area contributed by atoms with Gasteiger partial charge in [-0.3, -0.25) is 0 Å². The van der Waals surface area contributed by atoms with Crippen molar-refractivity contribution in [2.24, 2.45) is 11.7 Å². The van der Waals surface area contributed by atoms with Crippen molar-refractivity contribution in [3.63, 3.8) is 0 Å². The van der Waals surface area contributed by atoms with E-state index >= 15 is 0 Å².